The molecule has 4 nitrogen and oxygen atoms in total. The molecule has 1 aliphatic rings. The van der Waals surface area contributed by atoms with Crippen molar-refractivity contribution in [1.29, 1.82) is 0 Å². The first-order chi connectivity index (χ1) is 9.88. The molecule has 2 N–H and O–H groups in total. The highest BCUT2D eigenvalue weighted by Gasteiger charge is 2.12. The monoisotopic (exact) mass is 277 g/mol. The zero-order valence-corrected chi connectivity index (χ0v) is 12.5. The van der Waals surface area contributed by atoms with Crippen LogP contribution in [0.15, 0.2) is 18.3 Å². The molecule has 1 saturated carbocycles. The van der Waals surface area contributed by atoms with Crippen LogP contribution in [0.1, 0.15) is 45.4 Å². The molecule has 1 heterocycles. The van der Waals surface area contributed by atoms with E-state index < -0.39 is 0 Å². The summed E-state index contributed by atoms with van der Waals surface area (Å²) in [5.74, 6) is 0.935. The minimum Gasteiger partial charge on any atom is -0.383 e. The highest BCUT2D eigenvalue weighted by Crippen LogP contribution is 2.20. The quantitative estimate of drug-likeness (QED) is 0.712. The van der Waals surface area contributed by atoms with Crippen molar-refractivity contribution in [2.24, 2.45) is 0 Å². The minimum atomic E-state index is 0.491. The van der Waals surface area contributed by atoms with Crippen LogP contribution < -0.4 is 10.6 Å². The molecule has 112 valence electrons. The van der Waals surface area contributed by atoms with Crippen molar-refractivity contribution in [1.82, 2.24) is 4.98 Å². The van der Waals surface area contributed by atoms with E-state index in [4.69, 9.17) is 4.74 Å². The van der Waals surface area contributed by atoms with Gasteiger partial charge in [-0.2, -0.15) is 0 Å². The van der Waals surface area contributed by atoms with Gasteiger partial charge in [-0.1, -0.05) is 26.2 Å². The number of pyridine rings is 1. The van der Waals surface area contributed by atoms with Crippen molar-refractivity contribution in [2.75, 3.05) is 30.3 Å². The standard InChI is InChI=1S/C16H27N3O/c1-2-9-18-16-13-14(8-10-19-16)17-11-12-20-15-6-4-3-5-7-15/h8,10,13,15H,2-7,9,11-12H2,1H3,(H2,17,18,19). The van der Waals surface area contributed by atoms with Gasteiger partial charge in [0.25, 0.3) is 0 Å². The summed E-state index contributed by atoms with van der Waals surface area (Å²) in [7, 11) is 0. The number of ether oxygens (including phenoxy) is 1. The summed E-state index contributed by atoms with van der Waals surface area (Å²) in [6.07, 6.45) is 9.94. The van der Waals surface area contributed by atoms with Gasteiger partial charge < -0.3 is 15.4 Å². The van der Waals surface area contributed by atoms with Crippen LogP contribution in [0, 0.1) is 0 Å². The molecular weight excluding hydrogens is 250 g/mol. The predicted octanol–water partition coefficient (Wildman–Crippen LogP) is 3.66. The van der Waals surface area contributed by atoms with Gasteiger partial charge in [0.05, 0.1) is 12.7 Å². The Labute approximate surface area is 122 Å². The smallest absolute Gasteiger partial charge is 0.127 e. The molecular formula is C16H27N3O. The molecule has 0 bridgehead atoms. The van der Waals surface area contributed by atoms with E-state index in [1.165, 1.54) is 32.1 Å². The third-order valence-corrected chi connectivity index (χ3v) is 3.65. The predicted molar refractivity (Wildman–Crippen MR) is 84.3 cm³/mol. The van der Waals surface area contributed by atoms with Crippen molar-refractivity contribution in [3.63, 3.8) is 0 Å². The van der Waals surface area contributed by atoms with Gasteiger partial charge >= 0.3 is 0 Å². The van der Waals surface area contributed by atoms with Crippen LogP contribution in [0.3, 0.4) is 0 Å². The molecule has 20 heavy (non-hydrogen) atoms. The summed E-state index contributed by atoms with van der Waals surface area (Å²) >= 11 is 0. The number of nitrogens with one attached hydrogen (secondary N) is 2. The number of hydrogen-bond acceptors (Lipinski definition) is 4. The molecule has 1 fully saturated rings. The second kappa shape index (κ2) is 8.80. The van der Waals surface area contributed by atoms with E-state index in [1.807, 2.05) is 12.3 Å². The molecule has 2 rings (SSSR count). The van der Waals surface area contributed by atoms with E-state index in [0.717, 1.165) is 37.6 Å². The van der Waals surface area contributed by atoms with Crippen molar-refractivity contribution >= 4 is 11.5 Å². The molecule has 0 aliphatic heterocycles. The fourth-order valence-corrected chi connectivity index (χ4v) is 2.54. The molecule has 1 aliphatic carbocycles. The molecule has 0 spiro atoms. The van der Waals surface area contributed by atoms with Gasteiger partial charge in [-0.15, -0.1) is 0 Å². The Kier molecular flexibility index (Phi) is 6.64. The van der Waals surface area contributed by atoms with E-state index in [-0.39, 0.29) is 0 Å². The third kappa shape index (κ3) is 5.37. The number of anilines is 2. The zero-order valence-electron chi connectivity index (χ0n) is 12.5. The molecule has 0 atom stereocenters. The van der Waals surface area contributed by atoms with E-state index in [0.29, 0.717) is 6.10 Å². The lowest BCUT2D eigenvalue weighted by Crippen LogP contribution is -2.20. The molecule has 0 aromatic carbocycles. The maximum atomic E-state index is 5.91. The van der Waals surface area contributed by atoms with E-state index >= 15 is 0 Å². The SMILES string of the molecule is CCCNc1cc(NCCOC2CCCCC2)ccn1. The summed E-state index contributed by atoms with van der Waals surface area (Å²) in [5, 5.41) is 6.69. The summed E-state index contributed by atoms with van der Waals surface area (Å²) in [5.41, 5.74) is 1.10. The normalized spacial score (nSPS) is 16.1. The van der Waals surface area contributed by atoms with Crippen molar-refractivity contribution in [3.8, 4) is 0 Å². The van der Waals surface area contributed by atoms with E-state index in [2.05, 4.69) is 28.6 Å². The number of aromatic nitrogens is 1. The lowest BCUT2D eigenvalue weighted by molar-refractivity contribution is 0.0347. The average Bonchev–Trinajstić information content (AvgIpc) is 2.51. The summed E-state index contributed by atoms with van der Waals surface area (Å²) in [4.78, 5) is 4.30. The van der Waals surface area contributed by atoms with Crippen LogP contribution in [-0.2, 0) is 4.74 Å². The molecule has 1 aromatic rings. The van der Waals surface area contributed by atoms with Gasteiger partial charge in [-0.05, 0) is 25.3 Å². The van der Waals surface area contributed by atoms with Crippen LogP contribution in [-0.4, -0.2) is 30.8 Å². The number of nitrogens with zero attached hydrogens (tertiary/aromatic N) is 1. The Morgan fingerprint density at radius 2 is 2.05 bits per heavy atom. The maximum Gasteiger partial charge on any atom is 0.127 e. The number of hydrogen-bond donors (Lipinski definition) is 2. The Bertz CT molecular complexity index is 378. The first-order valence-corrected chi connectivity index (χ1v) is 7.94. The van der Waals surface area contributed by atoms with Gasteiger partial charge in [0.1, 0.15) is 5.82 Å². The van der Waals surface area contributed by atoms with Crippen LogP contribution in [0.5, 0.6) is 0 Å². The Hall–Kier alpha value is -1.29. The molecule has 0 radical (unpaired) electrons. The van der Waals surface area contributed by atoms with E-state index in [1.54, 1.807) is 0 Å². The van der Waals surface area contributed by atoms with Crippen LogP contribution in [0.2, 0.25) is 0 Å². The minimum absolute atomic E-state index is 0.491. The topological polar surface area (TPSA) is 46.2 Å². The summed E-state index contributed by atoms with van der Waals surface area (Å²) in [6, 6.07) is 4.05. The first-order valence-electron chi connectivity index (χ1n) is 7.94. The molecule has 0 unspecified atom stereocenters. The maximum absolute atomic E-state index is 5.91. The van der Waals surface area contributed by atoms with Gasteiger partial charge in [-0.25, -0.2) is 4.98 Å². The second-order valence-electron chi connectivity index (χ2n) is 5.41. The van der Waals surface area contributed by atoms with Crippen LogP contribution in [0.25, 0.3) is 0 Å². The zero-order chi connectivity index (χ0) is 14.0. The van der Waals surface area contributed by atoms with Gasteiger partial charge in [-0.3, -0.25) is 0 Å². The molecule has 0 saturated heterocycles. The van der Waals surface area contributed by atoms with Crippen molar-refractivity contribution in [3.05, 3.63) is 18.3 Å². The highest BCUT2D eigenvalue weighted by molar-refractivity contribution is 5.51. The fraction of sp³-hybridized carbons (Fsp3) is 0.688. The van der Waals surface area contributed by atoms with Gasteiger partial charge in [0.15, 0.2) is 0 Å². The third-order valence-electron chi connectivity index (χ3n) is 3.65. The lowest BCUT2D eigenvalue weighted by Gasteiger charge is -2.22. The lowest BCUT2D eigenvalue weighted by atomic mass is 9.98. The van der Waals surface area contributed by atoms with Gasteiger partial charge in [0, 0.05) is 31.0 Å². The number of rotatable bonds is 8. The highest BCUT2D eigenvalue weighted by atomic mass is 16.5. The first kappa shape index (κ1) is 15.1. The Morgan fingerprint density at radius 1 is 1.20 bits per heavy atom. The molecule has 1 aromatic heterocycles. The Balaban J connectivity index is 1.65. The average molecular weight is 277 g/mol. The van der Waals surface area contributed by atoms with Crippen LogP contribution in [0.4, 0.5) is 11.5 Å². The summed E-state index contributed by atoms with van der Waals surface area (Å²) < 4.78 is 5.91. The molecule has 0 amide bonds. The second-order valence-corrected chi connectivity index (χ2v) is 5.41. The summed E-state index contributed by atoms with van der Waals surface area (Å²) in [6.45, 7) is 4.75. The van der Waals surface area contributed by atoms with E-state index in [9.17, 15) is 0 Å². The van der Waals surface area contributed by atoms with Crippen molar-refractivity contribution in [2.45, 2.75) is 51.6 Å². The molecule has 4 heteroatoms. The van der Waals surface area contributed by atoms with Gasteiger partial charge in [0.2, 0.25) is 0 Å². The Morgan fingerprint density at radius 3 is 2.85 bits per heavy atom. The largest absolute Gasteiger partial charge is 0.383 e. The van der Waals surface area contributed by atoms with Crippen molar-refractivity contribution < 1.29 is 4.74 Å². The van der Waals surface area contributed by atoms with Crippen LogP contribution >= 0.6 is 0 Å². The fourth-order valence-electron chi connectivity index (χ4n) is 2.54.